The van der Waals surface area contributed by atoms with Crippen LogP contribution < -0.4 is 10.2 Å². The van der Waals surface area contributed by atoms with Gasteiger partial charge in [0, 0.05) is 31.6 Å². The van der Waals surface area contributed by atoms with E-state index in [1.54, 1.807) is 23.1 Å². The molecular formula is C23H25N3O4S. The van der Waals surface area contributed by atoms with Crippen molar-refractivity contribution >= 4 is 34.2 Å². The van der Waals surface area contributed by atoms with Gasteiger partial charge in [-0.25, -0.2) is 0 Å². The third kappa shape index (κ3) is 4.85. The number of nitrogens with zero attached hydrogens (tertiary/aromatic N) is 2. The molecule has 31 heavy (non-hydrogen) atoms. The van der Waals surface area contributed by atoms with Crippen LogP contribution in [-0.2, 0) is 26.9 Å². The summed E-state index contributed by atoms with van der Waals surface area (Å²) in [6, 6.07) is 14.5. The van der Waals surface area contributed by atoms with Crippen LogP contribution in [0.1, 0.15) is 35.2 Å². The van der Waals surface area contributed by atoms with Crippen LogP contribution in [0.2, 0.25) is 0 Å². The van der Waals surface area contributed by atoms with E-state index in [4.69, 9.17) is 0 Å². The Morgan fingerprint density at radius 3 is 2.61 bits per heavy atom. The summed E-state index contributed by atoms with van der Waals surface area (Å²) in [5, 5.41) is 2.88. The number of rotatable bonds is 7. The Hall–Kier alpha value is -3.00. The van der Waals surface area contributed by atoms with Crippen LogP contribution in [0.3, 0.4) is 0 Å². The maximum atomic E-state index is 12.6. The van der Waals surface area contributed by atoms with E-state index < -0.39 is 10.8 Å². The summed E-state index contributed by atoms with van der Waals surface area (Å²) in [5.41, 5.74) is 1.90. The molecule has 1 atom stereocenters. The quantitative estimate of drug-likeness (QED) is 0.670. The number of benzene rings is 2. The van der Waals surface area contributed by atoms with Crippen molar-refractivity contribution in [3.63, 3.8) is 0 Å². The number of fused-ring (bicyclic) bond motifs is 1. The van der Waals surface area contributed by atoms with Gasteiger partial charge in [0.05, 0.1) is 27.9 Å². The number of anilines is 1. The van der Waals surface area contributed by atoms with E-state index in [9.17, 15) is 18.6 Å². The lowest BCUT2D eigenvalue weighted by atomic mass is 10.1. The first-order valence-electron chi connectivity index (χ1n) is 10.5. The second-order valence-electron chi connectivity index (χ2n) is 7.73. The third-order valence-corrected chi connectivity index (χ3v) is 6.90. The highest BCUT2D eigenvalue weighted by molar-refractivity contribution is 7.86. The van der Waals surface area contributed by atoms with Crippen molar-refractivity contribution in [1.29, 1.82) is 0 Å². The normalized spacial score (nSPS) is 18.3. The zero-order valence-electron chi connectivity index (χ0n) is 17.2. The van der Waals surface area contributed by atoms with E-state index in [1.165, 1.54) is 0 Å². The van der Waals surface area contributed by atoms with Crippen LogP contribution in [0.15, 0.2) is 53.4 Å². The summed E-state index contributed by atoms with van der Waals surface area (Å²) in [7, 11) is -1.42. The van der Waals surface area contributed by atoms with E-state index in [0.717, 1.165) is 18.5 Å². The number of hydrogen-bond donors (Lipinski definition) is 1. The Labute approximate surface area is 183 Å². The Morgan fingerprint density at radius 2 is 1.87 bits per heavy atom. The summed E-state index contributed by atoms with van der Waals surface area (Å²) in [5.74, 6) is -0.348. The van der Waals surface area contributed by atoms with Crippen molar-refractivity contribution < 1.29 is 18.6 Å². The highest BCUT2D eigenvalue weighted by atomic mass is 32.2. The van der Waals surface area contributed by atoms with Gasteiger partial charge in [-0.1, -0.05) is 30.3 Å². The van der Waals surface area contributed by atoms with E-state index in [0.29, 0.717) is 48.6 Å². The lowest BCUT2D eigenvalue weighted by molar-refractivity contribution is -0.127. The van der Waals surface area contributed by atoms with E-state index in [-0.39, 0.29) is 23.5 Å². The van der Waals surface area contributed by atoms with Crippen LogP contribution in [0.4, 0.5) is 5.69 Å². The van der Waals surface area contributed by atoms with E-state index in [2.05, 4.69) is 5.32 Å². The Balaban J connectivity index is 1.45. The Bertz CT molecular complexity index is 1020. The van der Waals surface area contributed by atoms with Crippen LogP contribution in [0.25, 0.3) is 0 Å². The molecular weight excluding hydrogens is 414 g/mol. The van der Waals surface area contributed by atoms with Crippen molar-refractivity contribution in [3.8, 4) is 0 Å². The smallest absolute Gasteiger partial charge is 0.251 e. The van der Waals surface area contributed by atoms with E-state index >= 15 is 0 Å². The number of nitrogens with one attached hydrogen (secondary N) is 1. The zero-order chi connectivity index (χ0) is 21.8. The molecule has 3 amide bonds. The molecule has 0 spiro atoms. The fourth-order valence-electron chi connectivity index (χ4n) is 3.92. The number of carbonyl (C=O) groups is 3. The topological polar surface area (TPSA) is 86.8 Å². The minimum absolute atomic E-state index is 0.0550. The highest BCUT2D eigenvalue weighted by Gasteiger charge is 2.30. The van der Waals surface area contributed by atoms with Gasteiger partial charge in [0.15, 0.2) is 0 Å². The predicted molar refractivity (Wildman–Crippen MR) is 118 cm³/mol. The fraction of sp³-hybridized carbons (Fsp3) is 0.348. The molecule has 1 N–H and O–H groups in total. The summed E-state index contributed by atoms with van der Waals surface area (Å²) in [6.45, 7) is 2.25. The molecule has 2 heterocycles. The number of likely N-dealkylation sites (tertiary alicyclic amines) is 1. The minimum atomic E-state index is -1.42. The first kappa shape index (κ1) is 21.2. The molecule has 0 unspecified atom stereocenters. The van der Waals surface area contributed by atoms with Gasteiger partial charge >= 0.3 is 0 Å². The molecule has 1 saturated heterocycles. The monoisotopic (exact) mass is 439 g/mol. The zero-order valence-corrected chi connectivity index (χ0v) is 18.0. The van der Waals surface area contributed by atoms with Crippen LogP contribution in [0, 0.1) is 0 Å². The van der Waals surface area contributed by atoms with Crippen LogP contribution in [-0.4, -0.2) is 52.2 Å². The highest BCUT2D eigenvalue weighted by Crippen LogP contribution is 2.31. The summed E-state index contributed by atoms with van der Waals surface area (Å²) in [4.78, 5) is 40.9. The molecule has 2 aliphatic rings. The molecule has 7 nitrogen and oxygen atoms in total. The summed E-state index contributed by atoms with van der Waals surface area (Å²) in [6.07, 6.45) is 2.20. The SMILES string of the molecule is O=C(NCCCN1CCCC1=O)c1ccc2c(c1)N(Cc1ccccc1)C(=O)C[S@@]2=O. The third-order valence-electron chi connectivity index (χ3n) is 5.56. The van der Waals surface area contributed by atoms with Gasteiger partial charge in [0.2, 0.25) is 11.8 Å². The first-order chi connectivity index (χ1) is 15.0. The lowest BCUT2D eigenvalue weighted by Crippen LogP contribution is -2.38. The largest absolute Gasteiger partial charge is 0.352 e. The number of amides is 3. The van der Waals surface area contributed by atoms with Gasteiger partial charge in [-0.15, -0.1) is 0 Å². The predicted octanol–water partition coefficient (Wildman–Crippen LogP) is 2.08. The molecule has 0 aliphatic carbocycles. The molecule has 0 radical (unpaired) electrons. The average Bonchev–Trinajstić information content (AvgIpc) is 3.19. The molecule has 1 fully saturated rings. The summed E-state index contributed by atoms with van der Waals surface area (Å²) < 4.78 is 12.5. The van der Waals surface area contributed by atoms with Gasteiger partial charge < -0.3 is 15.1 Å². The second-order valence-corrected chi connectivity index (χ2v) is 9.15. The Kier molecular flexibility index (Phi) is 6.46. The molecule has 0 bridgehead atoms. The molecule has 2 aliphatic heterocycles. The maximum absolute atomic E-state index is 12.6. The number of hydrogen-bond acceptors (Lipinski definition) is 4. The molecule has 162 valence electrons. The molecule has 2 aromatic rings. The van der Waals surface area contributed by atoms with Crippen molar-refractivity contribution in [3.05, 3.63) is 59.7 Å². The first-order valence-corrected chi connectivity index (χ1v) is 11.8. The Morgan fingerprint density at radius 1 is 1.06 bits per heavy atom. The van der Waals surface area contributed by atoms with Gasteiger partial charge in [0.1, 0.15) is 5.75 Å². The van der Waals surface area contributed by atoms with Gasteiger partial charge in [-0.3, -0.25) is 18.6 Å². The lowest BCUT2D eigenvalue weighted by Gasteiger charge is -2.29. The van der Waals surface area contributed by atoms with Crippen LogP contribution >= 0.6 is 0 Å². The van der Waals surface area contributed by atoms with Crippen molar-refractivity contribution in [2.75, 3.05) is 30.3 Å². The molecule has 0 aromatic heterocycles. The van der Waals surface area contributed by atoms with Gasteiger partial charge in [-0.2, -0.15) is 0 Å². The fourth-order valence-corrected chi connectivity index (χ4v) is 5.08. The second kappa shape index (κ2) is 9.43. The van der Waals surface area contributed by atoms with Crippen molar-refractivity contribution in [1.82, 2.24) is 10.2 Å². The van der Waals surface area contributed by atoms with Gasteiger partial charge in [-0.05, 0) is 36.6 Å². The van der Waals surface area contributed by atoms with Crippen molar-refractivity contribution in [2.45, 2.75) is 30.7 Å². The van der Waals surface area contributed by atoms with Crippen molar-refractivity contribution in [2.24, 2.45) is 0 Å². The average molecular weight is 440 g/mol. The maximum Gasteiger partial charge on any atom is 0.251 e. The molecule has 2 aromatic carbocycles. The van der Waals surface area contributed by atoms with Crippen LogP contribution in [0.5, 0.6) is 0 Å². The minimum Gasteiger partial charge on any atom is -0.352 e. The number of carbonyl (C=O) groups excluding carboxylic acids is 3. The molecule has 8 heteroatoms. The molecule has 4 rings (SSSR count). The van der Waals surface area contributed by atoms with Gasteiger partial charge in [0.25, 0.3) is 5.91 Å². The molecule has 0 saturated carbocycles. The summed E-state index contributed by atoms with van der Waals surface area (Å²) >= 11 is 0. The standard InChI is InChI=1S/C23H25N3O4S/c27-21-8-4-12-25(21)13-5-11-24-23(29)18-9-10-20-19(14-18)26(22(28)16-31(20)30)15-17-6-2-1-3-7-17/h1-3,6-7,9-10,14H,4-5,8,11-13,15-16H2,(H,24,29)/t31-/m0/s1. The van der Waals surface area contributed by atoms with E-state index in [1.807, 2.05) is 35.2 Å².